The summed E-state index contributed by atoms with van der Waals surface area (Å²) in [5.74, 6) is 0.244. The van der Waals surface area contributed by atoms with Gasteiger partial charge in [-0.2, -0.15) is 11.3 Å². The summed E-state index contributed by atoms with van der Waals surface area (Å²) in [4.78, 5) is 18.3. The standard InChI is InChI=1S/C15H17N3O2S/c1-20-15(19)12-4-6-17-14(13(12)16)18(11-2-3-11)8-10-5-7-21-9-10/h4-7,9,11H,2-3,8,16H2,1H3. The number of nitrogens with zero attached hydrogens (tertiary/aromatic N) is 2. The topological polar surface area (TPSA) is 68.5 Å². The van der Waals surface area contributed by atoms with Gasteiger partial charge in [0.15, 0.2) is 5.82 Å². The molecule has 0 atom stereocenters. The van der Waals surface area contributed by atoms with Crippen molar-refractivity contribution in [3.05, 3.63) is 40.2 Å². The van der Waals surface area contributed by atoms with Crippen LogP contribution in [-0.4, -0.2) is 24.1 Å². The molecular formula is C15H17N3O2S. The van der Waals surface area contributed by atoms with Gasteiger partial charge in [0.25, 0.3) is 0 Å². The zero-order valence-corrected chi connectivity index (χ0v) is 12.6. The fraction of sp³-hybridized carbons (Fsp3) is 0.333. The lowest BCUT2D eigenvalue weighted by molar-refractivity contribution is 0.0602. The Morgan fingerprint density at radius 3 is 2.95 bits per heavy atom. The molecule has 2 N–H and O–H groups in total. The number of rotatable bonds is 5. The van der Waals surface area contributed by atoms with Crippen molar-refractivity contribution in [2.75, 3.05) is 17.7 Å². The summed E-state index contributed by atoms with van der Waals surface area (Å²) in [5.41, 5.74) is 8.15. The molecule has 0 saturated heterocycles. The van der Waals surface area contributed by atoms with Crippen LogP contribution in [0, 0.1) is 0 Å². The lowest BCUT2D eigenvalue weighted by Gasteiger charge is -2.25. The molecule has 0 unspecified atom stereocenters. The molecule has 0 bridgehead atoms. The van der Waals surface area contributed by atoms with E-state index in [-0.39, 0.29) is 0 Å². The lowest BCUT2D eigenvalue weighted by Crippen LogP contribution is -2.27. The first kappa shape index (κ1) is 13.9. The molecule has 2 heterocycles. The molecule has 0 radical (unpaired) electrons. The number of esters is 1. The van der Waals surface area contributed by atoms with E-state index >= 15 is 0 Å². The number of hydrogen-bond acceptors (Lipinski definition) is 6. The summed E-state index contributed by atoms with van der Waals surface area (Å²) in [5, 5.41) is 4.18. The first-order valence-electron chi connectivity index (χ1n) is 6.81. The number of aromatic nitrogens is 1. The Bertz CT molecular complexity index is 638. The highest BCUT2D eigenvalue weighted by Crippen LogP contribution is 2.36. The Hall–Kier alpha value is -2.08. The molecule has 0 spiro atoms. The van der Waals surface area contributed by atoms with Crippen molar-refractivity contribution in [2.45, 2.75) is 25.4 Å². The van der Waals surface area contributed by atoms with E-state index in [0.717, 1.165) is 19.4 Å². The summed E-state index contributed by atoms with van der Waals surface area (Å²) < 4.78 is 4.77. The van der Waals surface area contributed by atoms with E-state index in [1.54, 1.807) is 23.6 Å². The van der Waals surface area contributed by atoms with Crippen LogP contribution in [0.2, 0.25) is 0 Å². The van der Waals surface area contributed by atoms with Crippen LogP contribution in [0.5, 0.6) is 0 Å². The van der Waals surface area contributed by atoms with E-state index in [2.05, 4.69) is 26.7 Å². The second-order valence-corrected chi connectivity index (χ2v) is 5.86. The third kappa shape index (κ3) is 2.85. The van der Waals surface area contributed by atoms with Gasteiger partial charge < -0.3 is 15.4 Å². The zero-order chi connectivity index (χ0) is 14.8. The fourth-order valence-corrected chi connectivity index (χ4v) is 2.98. The molecule has 3 rings (SSSR count). The third-order valence-corrected chi connectivity index (χ3v) is 4.30. The normalized spacial score (nSPS) is 14.0. The van der Waals surface area contributed by atoms with Gasteiger partial charge in [-0.1, -0.05) is 0 Å². The summed E-state index contributed by atoms with van der Waals surface area (Å²) >= 11 is 1.67. The molecule has 2 aromatic heterocycles. The Morgan fingerprint density at radius 1 is 1.52 bits per heavy atom. The van der Waals surface area contributed by atoms with Crippen LogP contribution in [0.4, 0.5) is 11.5 Å². The molecule has 2 aromatic rings. The van der Waals surface area contributed by atoms with Gasteiger partial charge in [-0.25, -0.2) is 9.78 Å². The molecule has 1 fully saturated rings. The van der Waals surface area contributed by atoms with Gasteiger partial charge in [-0.05, 0) is 41.3 Å². The van der Waals surface area contributed by atoms with Crippen molar-refractivity contribution in [1.29, 1.82) is 0 Å². The second kappa shape index (κ2) is 5.73. The number of carbonyl (C=O) groups excluding carboxylic acids is 1. The Morgan fingerprint density at radius 2 is 2.33 bits per heavy atom. The Kier molecular flexibility index (Phi) is 3.79. The summed E-state index contributed by atoms with van der Waals surface area (Å²) in [7, 11) is 1.35. The van der Waals surface area contributed by atoms with E-state index in [9.17, 15) is 4.79 Å². The number of nitrogen functional groups attached to an aromatic ring is 1. The number of methoxy groups -OCH3 is 1. The Balaban J connectivity index is 1.94. The second-order valence-electron chi connectivity index (χ2n) is 5.08. The van der Waals surface area contributed by atoms with Gasteiger partial charge in [-0.3, -0.25) is 0 Å². The van der Waals surface area contributed by atoms with Crippen LogP contribution in [0.25, 0.3) is 0 Å². The van der Waals surface area contributed by atoms with Crippen molar-refractivity contribution in [3.63, 3.8) is 0 Å². The van der Waals surface area contributed by atoms with Gasteiger partial charge in [-0.15, -0.1) is 0 Å². The highest BCUT2D eigenvalue weighted by atomic mass is 32.1. The highest BCUT2D eigenvalue weighted by Gasteiger charge is 2.32. The fourth-order valence-electron chi connectivity index (χ4n) is 2.32. The molecular weight excluding hydrogens is 286 g/mol. The van der Waals surface area contributed by atoms with E-state index in [0.29, 0.717) is 23.1 Å². The number of carbonyl (C=O) groups is 1. The molecule has 21 heavy (non-hydrogen) atoms. The van der Waals surface area contributed by atoms with Gasteiger partial charge in [0.05, 0.1) is 18.4 Å². The predicted octanol–water partition coefficient (Wildman–Crippen LogP) is 2.68. The molecule has 1 aliphatic carbocycles. The molecule has 5 nitrogen and oxygen atoms in total. The highest BCUT2D eigenvalue weighted by molar-refractivity contribution is 7.07. The van der Waals surface area contributed by atoms with Crippen LogP contribution < -0.4 is 10.6 Å². The van der Waals surface area contributed by atoms with Gasteiger partial charge in [0.2, 0.25) is 0 Å². The number of ether oxygens (including phenoxy) is 1. The van der Waals surface area contributed by atoms with Crippen LogP contribution in [0.15, 0.2) is 29.1 Å². The SMILES string of the molecule is COC(=O)c1ccnc(N(Cc2ccsc2)C2CC2)c1N. The smallest absolute Gasteiger partial charge is 0.340 e. The van der Waals surface area contributed by atoms with E-state index in [4.69, 9.17) is 10.5 Å². The minimum absolute atomic E-state index is 0.374. The van der Waals surface area contributed by atoms with Crippen LogP contribution in [-0.2, 0) is 11.3 Å². The third-order valence-electron chi connectivity index (χ3n) is 3.57. The average molecular weight is 303 g/mol. The maximum absolute atomic E-state index is 11.8. The van der Waals surface area contributed by atoms with Crippen LogP contribution in [0.1, 0.15) is 28.8 Å². The molecule has 1 aliphatic rings. The van der Waals surface area contributed by atoms with Crippen molar-refractivity contribution >= 4 is 28.8 Å². The van der Waals surface area contributed by atoms with Gasteiger partial charge in [0.1, 0.15) is 0 Å². The first-order chi connectivity index (χ1) is 10.2. The molecule has 0 amide bonds. The van der Waals surface area contributed by atoms with Gasteiger partial charge in [0, 0.05) is 18.8 Å². The molecule has 0 aliphatic heterocycles. The van der Waals surface area contributed by atoms with E-state index in [1.165, 1.54) is 12.7 Å². The monoisotopic (exact) mass is 303 g/mol. The largest absolute Gasteiger partial charge is 0.465 e. The number of anilines is 2. The van der Waals surface area contributed by atoms with Crippen molar-refractivity contribution in [2.24, 2.45) is 0 Å². The molecule has 0 aromatic carbocycles. The zero-order valence-electron chi connectivity index (χ0n) is 11.8. The number of pyridine rings is 1. The summed E-state index contributed by atoms with van der Waals surface area (Å²) in [6.45, 7) is 0.760. The molecule has 110 valence electrons. The minimum atomic E-state index is -0.428. The maximum atomic E-state index is 11.8. The van der Waals surface area contributed by atoms with Crippen LogP contribution in [0.3, 0.4) is 0 Å². The number of nitrogens with two attached hydrogens (primary N) is 1. The van der Waals surface area contributed by atoms with Crippen molar-refractivity contribution < 1.29 is 9.53 Å². The average Bonchev–Trinajstić information content (AvgIpc) is 3.21. The number of thiophene rings is 1. The summed E-state index contributed by atoms with van der Waals surface area (Å²) in [6.07, 6.45) is 3.88. The van der Waals surface area contributed by atoms with E-state index in [1.807, 2.05) is 0 Å². The predicted molar refractivity (Wildman–Crippen MR) is 83.5 cm³/mol. The summed E-state index contributed by atoms with van der Waals surface area (Å²) in [6, 6.07) is 4.15. The lowest BCUT2D eigenvalue weighted by atomic mass is 10.2. The minimum Gasteiger partial charge on any atom is -0.465 e. The number of hydrogen-bond donors (Lipinski definition) is 1. The van der Waals surface area contributed by atoms with Crippen LogP contribution >= 0.6 is 11.3 Å². The van der Waals surface area contributed by atoms with Gasteiger partial charge >= 0.3 is 5.97 Å². The van der Waals surface area contributed by atoms with E-state index < -0.39 is 5.97 Å². The molecule has 6 heteroatoms. The Labute approximate surface area is 127 Å². The van der Waals surface area contributed by atoms with Crippen molar-refractivity contribution in [1.82, 2.24) is 4.98 Å². The van der Waals surface area contributed by atoms with Crippen molar-refractivity contribution in [3.8, 4) is 0 Å². The maximum Gasteiger partial charge on any atom is 0.340 e. The molecule has 1 saturated carbocycles. The first-order valence-corrected chi connectivity index (χ1v) is 7.75. The quantitative estimate of drug-likeness (QED) is 0.860.